The van der Waals surface area contributed by atoms with Gasteiger partial charge in [-0.05, 0) is 44.5 Å². The van der Waals surface area contributed by atoms with Crippen LogP contribution in [-0.2, 0) is 9.47 Å². The molecule has 0 aliphatic carbocycles. The zero-order valence-corrected chi connectivity index (χ0v) is 16.7. The smallest absolute Gasteiger partial charge is 0.339 e. The number of hydrogen-bond donors (Lipinski definition) is 1. The molecule has 1 aromatic carbocycles. The lowest BCUT2D eigenvalue weighted by molar-refractivity contribution is 0.0316. The van der Waals surface area contributed by atoms with E-state index in [2.05, 4.69) is 4.98 Å². The van der Waals surface area contributed by atoms with Crippen molar-refractivity contribution in [3.8, 4) is 11.5 Å². The first-order chi connectivity index (χ1) is 13.2. The largest absolute Gasteiger partial charge is 0.493 e. The predicted molar refractivity (Wildman–Crippen MR) is 100 cm³/mol. The van der Waals surface area contributed by atoms with Gasteiger partial charge in [0.15, 0.2) is 17.6 Å². The van der Waals surface area contributed by atoms with Crippen molar-refractivity contribution in [3.05, 3.63) is 46.3 Å². The monoisotopic (exact) mass is 389 g/mol. The fraction of sp³-hybridized carbons (Fsp3) is 0.350. The Bertz CT molecular complexity index is 914. The lowest BCUT2D eigenvalue weighted by atomic mass is 10.1. The van der Waals surface area contributed by atoms with E-state index in [0.29, 0.717) is 28.3 Å². The Hall–Kier alpha value is -3.29. The Labute approximate surface area is 162 Å². The van der Waals surface area contributed by atoms with Gasteiger partial charge in [-0.2, -0.15) is 0 Å². The summed E-state index contributed by atoms with van der Waals surface area (Å²) in [6.45, 7) is 4.76. The molecule has 8 heteroatoms. The highest BCUT2D eigenvalue weighted by Gasteiger charge is 2.27. The molecular formula is C20H23NO7. The lowest BCUT2D eigenvalue weighted by Crippen LogP contribution is -2.25. The Morgan fingerprint density at radius 1 is 0.964 bits per heavy atom. The van der Waals surface area contributed by atoms with Crippen LogP contribution in [0.15, 0.2) is 18.2 Å². The van der Waals surface area contributed by atoms with E-state index in [0.717, 1.165) is 0 Å². The van der Waals surface area contributed by atoms with Gasteiger partial charge in [-0.15, -0.1) is 0 Å². The van der Waals surface area contributed by atoms with E-state index in [4.69, 9.17) is 18.9 Å². The maximum absolute atomic E-state index is 12.7. The van der Waals surface area contributed by atoms with Gasteiger partial charge in [0.2, 0.25) is 5.78 Å². The van der Waals surface area contributed by atoms with E-state index in [1.54, 1.807) is 19.9 Å². The third-order valence-electron chi connectivity index (χ3n) is 4.35. The number of esters is 2. The van der Waals surface area contributed by atoms with E-state index in [1.807, 2.05) is 0 Å². The van der Waals surface area contributed by atoms with Gasteiger partial charge in [-0.1, -0.05) is 0 Å². The van der Waals surface area contributed by atoms with Crippen molar-refractivity contribution in [2.75, 3.05) is 21.3 Å². The number of benzene rings is 1. The van der Waals surface area contributed by atoms with Crippen molar-refractivity contribution < 1.29 is 33.3 Å². The Balaban J connectivity index is 2.21. The van der Waals surface area contributed by atoms with Crippen LogP contribution in [0.3, 0.4) is 0 Å². The third kappa shape index (κ3) is 4.00. The number of aromatic amines is 1. The van der Waals surface area contributed by atoms with Gasteiger partial charge in [-0.25, -0.2) is 9.59 Å². The van der Waals surface area contributed by atoms with Crippen LogP contribution < -0.4 is 9.47 Å². The SMILES string of the molecule is COC(=O)c1c(C)[nH]c(C(=O)C(C)OC(=O)c2ccc(OC)c(OC)c2)c1C. The number of nitrogens with one attached hydrogen (secondary N) is 1. The number of ether oxygens (including phenoxy) is 4. The molecule has 1 heterocycles. The Morgan fingerprint density at radius 3 is 2.18 bits per heavy atom. The first-order valence-electron chi connectivity index (χ1n) is 8.49. The highest BCUT2D eigenvalue weighted by molar-refractivity contribution is 6.04. The average Bonchev–Trinajstić information content (AvgIpc) is 2.99. The van der Waals surface area contributed by atoms with E-state index >= 15 is 0 Å². The molecule has 2 rings (SSSR count). The van der Waals surface area contributed by atoms with Crippen molar-refractivity contribution in [1.82, 2.24) is 4.98 Å². The normalized spacial score (nSPS) is 11.5. The van der Waals surface area contributed by atoms with Gasteiger partial charge >= 0.3 is 11.9 Å². The highest BCUT2D eigenvalue weighted by atomic mass is 16.5. The summed E-state index contributed by atoms with van der Waals surface area (Å²) in [4.78, 5) is 39.9. The van der Waals surface area contributed by atoms with Crippen molar-refractivity contribution in [2.45, 2.75) is 26.9 Å². The lowest BCUT2D eigenvalue weighted by Gasteiger charge is -2.13. The van der Waals surface area contributed by atoms with Gasteiger partial charge in [0.1, 0.15) is 0 Å². The zero-order chi connectivity index (χ0) is 21.0. The van der Waals surface area contributed by atoms with Crippen LogP contribution in [0.2, 0.25) is 0 Å². The third-order valence-corrected chi connectivity index (χ3v) is 4.35. The molecule has 0 aliphatic heterocycles. The quantitative estimate of drug-likeness (QED) is 0.573. The van der Waals surface area contributed by atoms with E-state index < -0.39 is 23.8 Å². The fourth-order valence-electron chi connectivity index (χ4n) is 2.85. The standard InChI is InChI=1S/C20H23NO7/c1-10-16(20(24)27-6)11(2)21-17(10)18(22)12(3)28-19(23)13-7-8-14(25-4)15(9-13)26-5/h7-9,12,21H,1-6H3. The van der Waals surface area contributed by atoms with Gasteiger partial charge < -0.3 is 23.9 Å². The number of H-pyrrole nitrogens is 1. The number of rotatable bonds is 7. The van der Waals surface area contributed by atoms with Crippen molar-refractivity contribution in [2.24, 2.45) is 0 Å². The van der Waals surface area contributed by atoms with Crippen LogP contribution in [0.1, 0.15) is 49.4 Å². The first-order valence-corrected chi connectivity index (χ1v) is 8.49. The minimum Gasteiger partial charge on any atom is -0.493 e. The van der Waals surface area contributed by atoms with Crippen LogP contribution in [-0.4, -0.2) is 50.1 Å². The fourth-order valence-corrected chi connectivity index (χ4v) is 2.85. The number of carbonyl (C=O) groups excluding carboxylic acids is 3. The number of methoxy groups -OCH3 is 3. The number of Topliss-reactive ketones (excluding diaryl/α,β-unsaturated/α-hetero) is 1. The van der Waals surface area contributed by atoms with E-state index in [-0.39, 0.29) is 11.3 Å². The Kier molecular flexibility index (Phi) is 6.45. The van der Waals surface area contributed by atoms with Crippen LogP contribution in [0.5, 0.6) is 11.5 Å². The van der Waals surface area contributed by atoms with E-state index in [1.165, 1.54) is 40.4 Å². The highest BCUT2D eigenvalue weighted by Crippen LogP contribution is 2.28. The Morgan fingerprint density at radius 2 is 1.61 bits per heavy atom. The van der Waals surface area contributed by atoms with E-state index in [9.17, 15) is 14.4 Å². The van der Waals surface area contributed by atoms with Gasteiger partial charge in [-0.3, -0.25) is 4.79 Å². The molecule has 0 radical (unpaired) electrons. The maximum Gasteiger partial charge on any atom is 0.339 e. The summed E-state index contributed by atoms with van der Waals surface area (Å²) in [6, 6.07) is 4.56. The van der Waals surface area contributed by atoms with Crippen LogP contribution in [0.25, 0.3) is 0 Å². The summed E-state index contributed by atoms with van der Waals surface area (Å²) < 4.78 is 20.3. The molecule has 1 N–H and O–H groups in total. The van der Waals surface area contributed by atoms with Gasteiger partial charge in [0, 0.05) is 5.69 Å². The molecule has 0 spiro atoms. The summed E-state index contributed by atoms with van der Waals surface area (Å²) in [5, 5.41) is 0. The zero-order valence-electron chi connectivity index (χ0n) is 16.7. The molecular weight excluding hydrogens is 366 g/mol. The summed E-state index contributed by atoms with van der Waals surface area (Å²) in [6.07, 6.45) is -1.07. The van der Waals surface area contributed by atoms with Crippen LogP contribution in [0, 0.1) is 13.8 Å². The van der Waals surface area contributed by atoms with Crippen molar-refractivity contribution in [1.29, 1.82) is 0 Å². The van der Waals surface area contributed by atoms with Crippen LogP contribution >= 0.6 is 0 Å². The molecule has 1 unspecified atom stereocenters. The molecule has 1 aromatic heterocycles. The minimum absolute atomic E-state index is 0.200. The average molecular weight is 389 g/mol. The van der Waals surface area contributed by atoms with Crippen molar-refractivity contribution >= 4 is 17.7 Å². The van der Waals surface area contributed by atoms with Gasteiger partial charge in [0.05, 0.1) is 38.2 Å². The predicted octanol–water partition coefficient (Wildman–Crippen LogP) is 2.86. The molecule has 0 aliphatic rings. The molecule has 0 bridgehead atoms. The van der Waals surface area contributed by atoms with Gasteiger partial charge in [0.25, 0.3) is 0 Å². The molecule has 1 atom stereocenters. The molecule has 0 fully saturated rings. The number of ketones is 1. The van der Waals surface area contributed by atoms with Crippen LogP contribution in [0.4, 0.5) is 0 Å². The summed E-state index contributed by atoms with van der Waals surface area (Å²) in [7, 11) is 4.21. The molecule has 0 amide bonds. The van der Waals surface area contributed by atoms with Crippen molar-refractivity contribution in [3.63, 3.8) is 0 Å². The second-order valence-electron chi connectivity index (χ2n) is 6.10. The number of hydrogen-bond acceptors (Lipinski definition) is 7. The number of aromatic nitrogens is 1. The second kappa shape index (κ2) is 8.60. The first kappa shape index (κ1) is 21.0. The molecule has 28 heavy (non-hydrogen) atoms. The summed E-state index contributed by atoms with van der Waals surface area (Å²) >= 11 is 0. The molecule has 8 nitrogen and oxygen atoms in total. The second-order valence-corrected chi connectivity index (χ2v) is 6.10. The minimum atomic E-state index is -1.07. The molecule has 0 saturated carbocycles. The number of aryl methyl sites for hydroxylation is 1. The summed E-state index contributed by atoms with van der Waals surface area (Å²) in [5.41, 5.74) is 1.66. The number of carbonyl (C=O) groups is 3. The topological polar surface area (TPSA) is 104 Å². The molecule has 150 valence electrons. The maximum atomic E-state index is 12.7. The molecule has 2 aromatic rings. The summed E-state index contributed by atoms with van der Waals surface area (Å²) in [5.74, 6) is -0.841. The molecule has 0 saturated heterocycles.